The van der Waals surface area contributed by atoms with Crippen LogP contribution in [0.3, 0.4) is 0 Å². The molecule has 0 aliphatic heterocycles. The van der Waals surface area contributed by atoms with Crippen LogP contribution in [0.5, 0.6) is 0 Å². The first-order valence-corrected chi connectivity index (χ1v) is 4.70. The van der Waals surface area contributed by atoms with Crippen molar-refractivity contribution in [1.82, 2.24) is 4.98 Å². The number of carboxylic acid groups (broad SMARTS) is 1. The summed E-state index contributed by atoms with van der Waals surface area (Å²) in [5, 5.41) is 8.50. The lowest BCUT2D eigenvalue weighted by molar-refractivity contribution is -0.140. The van der Waals surface area contributed by atoms with Gasteiger partial charge in [0.2, 0.25) is 0 Å². The summed E-state index contributed by atoms with van der Waals surface area (Å²) in [6, 6.07) is 0.493. The van der Waals surface area contributed by atoms with Crippen LogP contribution in [-0.2, 0) is 17.4 Å². The lowest BCUT2D eigenvalue weighted by atomic mass is 10.1. The molecule has 0 aliphatic carbocycles. The second-order valence-corrected chi connectivity index (χ2v) is 3.55. The van der Waals surface area contributed by atoms with Crippen molar-refractivity contribution < 1.29 is 31.9 Å². The van der Waals surface area contributed by atoms with Crippen LogP contribution >= 0.6 is 0 Å². The Hall–Kier alpha value is -1.73. The van der Waals surface area contributed by atoms with Gasteiger partial charge < -0.3 is 5.11 Å². The van der Waals surface area contributed by atoms with E-state index in [1.807, 2.05) is 0 Å². The van der Waals surface area contributed by atoms with E-state index in [1.54, 1.807) is 0 Å². The first kappa shape index (κ1) is 14.3. The zero-order chi connectivity index (χ0) is 14.1. The van der Waals surface area contributed by atoms with Crippen LogP contribution in [0.4, 0.5) is 22.0 Å². The fourth-order valence-electron chi connectivity index (χ4n) is 1.38. The van der Waals surface area contributed by atoms with Crippen LogP contribution in [0.2, 0.25) is 0 Å². The standard InChI is InChI=1S/C10H8F5NO2/c1-4-2-5(10(13,14)15)8(9(11)12)16-6(4)3-7(17)18/h2,9H,3H2,1H3,(H,17,18). The third-order valence-electron chi connectivity index (χ3n) is 2.18. The molecule has 0 fully saturated rings. The van der Waals surface area contributed by atoms with Crippen molar-refractivity contribution in [3.8, 4) is 0 Å². The van der Waals surface area contributed by atoms with Crippen molar-refractivity contribution in [2.75, 3.05) is 0 Å². The van der Waals surface area contributed by atoms with Gasteiger partial charge in [0, 0.05) is 0 Å². The van der Waals surface area contributed by atoms with E-state index in [1.165, 1.54) is 6.92 Å². The molecule has 0 unspecified atom stereocenters. The summed E-state index contributed by atoms with van der Waals surface area (Å²) in [5.41, 5.74) is -3.37. The molecule has 3 nitrogen and oxygen atoms in total. The Bertz CT molecular complexity index is 470. The topological polar surface area (TPSA) is 50.2 Å². The van der Waals surface area contributed by atoms with Gasteiger partial charge in [-0.1, -0.05) is 0 Å². The van der Waals surface area contributed by atoms with Crippen LogP contribution in [-0.4, -0.2) is 16.1 Å². The van der Waals surface area contributed by atoms with Crippen molar-refractivity contribution in [3.05, 3.63) is 28.6 Å². The van der Waals surface area contributed by atoms with Gasteiger partial charge in [-0.15, -0.1) is 0 Å². The SMILES string of the molecule is Cc1cc(C(F)(F)F)c(C(F)F)nc1CC(=O)O. The second-order valence-electron chi connectivity index (χ2n) is 3.55. The number of halogens is 5. The number of carbonyl (C=O) groups is 1. The van der Waals surface area contributed by atoms with E-state index in [0.29, 0.717) is 6.07 Å². The number of hydrogen-bond donors (Lipinski definition) is 1. The summed E-state index contributed by atoms with van der Waals surface area (Å²) in [7, 11) is 0. The molecule has 18 heavy (non-hydrogen) atoms. The molecule has 0 saturated heterocycles. The molecule has 0 amide bonds. The Morgan fingerprint density at radius 3 is 2.39 bits per heavy atom. The van der Waals surface area contributed by atoms with E-state index in [0.717, 1.165) is 0 Å². The molecule has 1 heterocycles. The van der Waals surface area contributed by atoms with Gasteiger partial charge in [0.25, 0.3) is 6.43 Å². The number of hydrogen-bond acceptors (Lipinski definition) is 2. The van der Waals surface area contributed by atoms with Crippen molar-refractivity contribution in [2.45, 2.75) is 25.9 Å². The molecule has 0 spiro atoms. The molecular formula is C10H8F5NO2. The molecule has 1 aromatic heterocycles. The van der Waals surface area contributed by atoms with Gasteiger partial charge in [0.1, 0.15) is 5.69 Å². The van der Waals surface area contributed by atoms with Crippen molar-refractivity contribution in [3.63, 3.8) is 0 Å². The molecule has 100 valence electrons. The lowest BCUT2D eigenvalue weighted by Gasteiger charge is -2.14. The van der Waals surface area contributed by atoms with E-state index in [4.69, 9.17) is 5.11 Å². The fraction of sp³-hybridized carbons (Fsp3) is 0.400. The molecule has 1 N–H and O–H groups in total. The Morgan fingerprint density at radius 2 is 2.00 bits per heavy atom. The summed E-state index contributed by atoms with van der Waals surface area (Å²) >= 11 is 0. The number of carboxylic acids is 1. The van der Waals surface area contributed by atoms with Crippen molar-refractivity contribution >= 4 is 5.97 Å². The number of nitrogens with zero attached hydrogens (tertiary/aromatic N) is 1. The van der Waals surface area contributed by atoms with Crippen LogP contribution in [0, 0.1) is 6.92 Å². The van der Waals surface area contributed by atoms with Gasteiger partial charge in [0.15, 0.2) is 0 Å². The normalized spacial score (nSPS) is 11.9. The smallest absolute Gasteiger partial charge is 0.418 e. The third-order valence-corrected chi connectivity index (χ3v) is 2.18. The Balaban J connectivity index is 3.39. The second kappa shape index (κ2) is 4.87. The first-order valence-electron chi connectivity index (χ1n) is 4.70. The van der Waals surface area contributed by atoms with Gasteiger partial charge in [-0.2, -0.15) is 13.2 Å². The Kier molecular flexibility index (Phi) is 3.88. The Morgan fingerprint density at radius 1 is 1.44 bits per heavy atom. The molecule has 0 bridgehead atoms. The molecule has 1 aromatic rings. The van der Waals surface area contributed by atoms with E-state index in [-0.39, 0.29) is 11.3 Å². The fourth-order valence-corrected chi connectivity index (χ4v) is 1.38. The molecule has 0 aliphatic rings. The minimum absolute atomic E-state index is 0.0888. The minimum Gasteiger partial charge on any atom is -0.481 e. The Labute approximate surface area is 98.3 Å². The van der Waals surface area contributed by atoms with Crippen LogP contribution < -0.4 is 0 Å². The monoisotopic (exact) mass is 269 g/mol. The molecule has 0 saturated carbocycles. The molecule has 0 radical (unpaired) electrons. The maximum Gasteiger partial charge on any atom is 0.418 e. The number of pyridine rings is 1. The predicted molar refractivity (Wildman–Crippen MR) is 50.3 cm³/mol. The summed E-state index contributed by atoms with van der Waals surface area (Å²) in [6.45, 7) is 1.19. The van der Waals surface area contributed by atoms with Gasteiger partial charge >= 0.3 is 12.1 Å². The third kappa shape index (κ3) is 3.14. The van der Waals surface area contributed by atoms with Gasteiger partial charge in [-0.05, 0) is 18.6 Å². The molecule has 8 heteroatoms. The van der Waals surface area contributed by atoms with E-state index in [2.05, 4.69) is 4.98 Å². The number of rotatable bonds is 3. The van der Waals surface area contributed by atoms with Crippen molar-refractivity contribution in [1.29, 1.82) is 0 Å². The highest BCUT2D eigenvalue weighted by Gasteiger charge is 2.37. The van der Waals surface area contributed by atoms with Crippen LogP contribution in [0.25, 0.3) is 0 Å². The average molecular weight is 269 g/mol. The quantitative estimate of drug-likeness (QED) is 0.858. The number of aliphatic carboxylic acids is 1. The zero-order valence-electron chi connectivity index (χ0n) is 9.05. The summed E-state index contributed by atoms with van der Waals surface area (Å²) in [4.78, 5) is 13.6. The van der Waals surface area contributed by atoms with Gasteiger partial charge in [-0.3, -0.25) is 9.78 Å². The minimum atomic E-state index is -4.95. The maximum absolute atomic E-state index is 12.5. The van der Waals surface area contributed by atoms with E-state index >= 15 is 0 Å². The zero-order valence-corrected chi connectivity index (χ0v) is 9.05. The highest BCUT2D eigenvalue weighted by molar-refractivity contribution is 5.70. The molecule has 0 aromatic carbocycles. The maximum atomic E-state index is 12.5. The average Bonchev–Trinajstić information content (AvgIpc) is 2.17. The highest BCUT2D eigenvalue weighted by atomic mass is 19.4. The predicted octanol–water partition coefficient (Wildman–Crippen LogP) is 2.97. The largest absolute Gasteiger partial charge is 0.481 e. The van der Waals surface area contributed by atoms with Gasteiger partial charge in [-0.25, -0.2) is 8.78 Å². The summed E-state index contributed by atoms with van der Waals surface area (Å²) in [5.74, 6) is -1.36. The van der Waals surface area contributed by atoms with E-state index < -0.39 is 36.2 Å². The number of aromatic nitrogens is 1. The molecule has 0 atom stereocenters. The first-order chi connectivity index (χ1) is 8.12. The number of alkyl halides is 5. The number of aryl methyl sites for hydroxylation is 1. The van der Waals surface area contributed by atoms with Crippen LogP contribution in [0.15, 0.2) is 6.07 Å². The summed E-state index contributed by atoms with van der Waals surface area (Å²) in [6.07, 6.45) is -9.08. The molecule has 1 rings (SSSR count). The van der Waals surface area contributed by atoms with Crippen LogP contribution in [0.1, 0.15) is 28.9 Å². The van der Waals surface area contributed by atoms with Gasteiger partial charge in [0.05, 0.1) is 17.7 Å². The van der Waals surface area contributed by atoms with Crippen molar-refractivity contribution in [2.24, 2.45) is 0 Å². The summed E-state index contributed by atoms with van der Waals surface area (Å²) < 4.78 is 62.5. The highest BCUT2D eigenvalue weighted by Crippen LogP contribution is 2.36. The van der Waals surface area contributed by atoms with E-state index in [9.17, 15) is 26.7 Å². The lowest BCUT2D eigenvalue weighted by Crippen LogP contribution is -2.15. The molecular weight excluding hydrogens is 261 g/mol.